The van der Waals surface area contributed by atoms with Gasteiger partial charge in [0.15, 0.2) is 6.71 Å². The van der Waals surface area contributed by atoms with Crippen molar-refractivity contribution in [2.75, 3.05) is 23.5 Å². The third kappa shape index (κ3) is 15.6. The van der Waals surface area contributed by atoms with Gasteiger partial charge in [-0.1, -0.05) is 178 Å². The van der Waals surface area contributed by atoms with Gasteiger partial charge in [-0.05, 0) is 178 Å². The number of nitrogens with zero attached hydrogens (tertiary/aromatic N) is 8. The molecule has 0 saturated heterocycles. The fraction of sp³-hybridized carbons (Fsp3) is 0.0769. The number of aromatic nitrogens is 6. The van der Waals surface area contributed by atoms with Crippen LogP contribution in [0.3, 0.4) is 0 Å². The van der Waals surface area contributed by atoms with Crippen LogP contribution < -0.4 is 46.4 Å². The Labute approximate surface area is 795 Å². The van der Waals surface area contributed by atoms with E-state index in [0.29, 0.717) is 6.71 Å². The number of ether oxygens (including phenoxy) is 1. The van der Waals surface area contributed by atoms with Crippen LogP contribution in [0, 0.1) is 36.4 Å². The van der Waals surface area contributed by atoms with Gasteiger partial charge in [0.25, 0.3) is 0 Å². The molecule has 18 heteroatoms. The molecule has 6 radical (unpaired) electrons. The normalized spacial score (nSPS) is 13.0. The molecule has 0 spiro atoms. The Bertz CT molecular complexity index is 7000. The predicted octanol–water partition coefficient (Wildman–Crippen LogP) is 22.4. The van der Waals surface area contributed by atoms with E-state index < -0.39 is 8.07 Å². The Balaban J connectivity index is 0.000000119. The zero-order valence-electron chi connectivity index (χ0n) is 67.1. The average Bonchev–Trinajstić information content (AvgIpc) is 0.659. The van der Waals surface area contributed by atoms with Crippen LogP contribution in [0.25, 0.3) is 132 Å². The van der Waals surface area contributed by atoms with Crippen LogP contribution in [0.4, 0.5) is 28.4 Å². The monoisotopic (exact) mass is 2680 g/mol. The molecule has 9 nitrogen and oxygen atoms in total. The summed E-state index contributed by atoms with van der Waals surface area (Å²) >= 11 is 0. The fourth-order valence-electron chi connectivity index (χ4n) is 18.0. The summed E-state index contributed by atoms with van der Waals surface area (Å²) in [6.07, 6.45) is 11.3. The topological polar surface area (TPSA) is 93.0 Å². The molecule has 0 N–H and O–H groups in total. The molecule has 12 heterocycles. The van der Waals surface area contributed by atoms with Gasteiger partial charge in [-0.3, -0.25) is 0 Å². The van der Waals surface area contributed by atoms with Gasteiger partial charge in [0.1, 0.15) is 5.75 Å². The maximum absolute atomic E-state index is 5.88. The van der Waals surface area contributed by atoms with Gasteiger partial charge in [-0.2, -0.15) is 0 Å². The zero-order chi connectivity index (χ0) is 78.3. The van der Waals surface area contributed by atoms with Gasteiger partial charge in [0.05, 0.1) is 8.07 Å². The maximum Gasteiger partial charge on any atom is 0.161 e. The minimum Gasteiger partial charge on any atom is -0.502 e. The third-order valence-corrected chi connectivity index (χ3v) is 28.9. The SMILES string of the molecule is CC(C)(C)B1c2ccc[c-]c2-c2nccc3cccc1c23.CN1c2ccc[c-]c2-c2nccc3cccc1c23.CP1c2ccc[c-]c2-c2nccc3cccc1c23.C[Si]1(C)c2ccc[c-]c2-c2nccc3cccc1c23.[Ir].[Ir].[Ir].[Ir].[Ir].[Ir].[c-]1cccc2c1-c1nccc3cccc(c13)N2c1ccccc1.[c-]1cccc2c1-c1nccc3cccc(c13)O2. The van der Waals surface area contributed by atoms with Crippen LogP contribution in [0.15, 0.2) is 322 Å². The van der Waals surface area contributed by atoms with Crippen molar-refractivity contribution >= 4 is 148 Å². The van der Waals surface area contributed by atoms with Crippen LogP contribution >= 0.6 is 7.92 Å². The average molecular weight is 2670 g/mol. The molecular formula is C104H74BIr6N8OPSi-6. The van der Waals surface area contributed by atoms with Crippen LogP contribution in [0.5, 0.6) is 11.5 Å². The molecule has 0 bridgehead atoms. The molecule has 19 aromatic rings. The summed E-state index contributed by atoms with van der Waals surface area (Å²) in [6.45, 7) is 14.5. The third-order valence-electron chi connectivity index (χ3n) is 23.2. The zero-order valence-corrected chi connectivity index (χ0v) is 83.4. The largest absolute Gasteiger partial charge is 0.502 e. The van der Waals surface area contributed by atoms with E-state index >= 15 is 0 Å². The van der Waals surface area contributed by atoms with Crippen LogP contribution in [-0.4, -0.2) is 58.4 Å². The quantitative estimate of drug-likeness (QED) is 0.0905. The summed E-state index contributed by atoms with van der Waals surface area (Å²) in [7, 11) is 0.177. The van der Waals surface area contributed by atoms with Crippen LogP contribution in [-0.2, 0) is 121 Å². The molecule has 0 aliphatic carbocycles. The van der Waals surface area contributed by atoms with Gasteiger partial charge in [0.2, 0.25) is 0 Å². The summed E-state index contributed by atoms with van der Waals surface area (Å²) in [5.74, 6) is 1.70. The first-order chi connectivity index (χ1) is 56.9. The van der Waals surface area contributed by atoms with Gasteiger partial charge >= 0.3 is 0 Å². The maximum atomic E-state index is 5.88. The molecule has 1 unspecified atom stereocenters. The summed E-state index contributed by atoms with van der Waals surface area (Å²) in [6, 6.07) is 119. The van der Waals surface area contributed by atoms with E-state index in [4.69, 9.17) is 4.74 Å². The Morgan fingerprint density at radius 1 is 0.320 bits per heavy atom. The summed E-state index contributed by atoms with van der Waals surface area (Å²) in [5.41, 5.74) is 21.5. The van der Waals surface area contributed by atoms with Crippen molar-refractivity contribution in [2.24, 2.45) is 0 Å². The molecule has 0 saturated carbocycles. The van der Waals surface area contributed by atoms with E-state index in [1.54, 1.807) is 0 Å². The van der Waals surface area contributed by atoms with E-state index in [2.05, 4.69) is 324 Å². The van der Waals surface area contributed by atoms with Crippen molar-refractivity contribution in [3.05, 3.63) is 359 Å². The van der Waals surface area contributed by atoms with Gasteiger partial charge in [0, 0.05) is 199 Å². The molecule has 13 aromatic carbocycles. The van der Waals surface area contributed by atoms with Crippen molar-refractivity contribution < 1.29 is 125 Å². The van der Waals surface area contributed by atoms with Gasteiger partial charge < -0.3 is 44.4 Å². The molecule has 6 aliphatic rings. The van der Waals surface area contributed by atoms with E-state index in [0.717, 1.165) is 90.2 Å². The first-order valence-electron chi connectivity index (χ1n) is 39.2. The summed E-state index contributed by atoms with van der Waals surface area (Å²) in [4.78, 5) is 32.1. The number of hydrogen-bond donors (Lipinski definition) is 0. The van der Waals surface area contributed by atoms with Crippen LogP contribution in [0.1, 0.15) is 20.8 Å². The number of benzene rings is 13. The number of para-hydroxylation sites is 1. The standard InChI is InChI=1S/C21H13N2.C19H17BN.C17H14NSi.C16H11N2.C16H11NP.C15H8NO.6Ir/c1-2-8-16(9-3-1)23-18-11-5-4-10-17(18)21-20-15(13-14-22-21)7-6-12-19(20)23;1-19(2,3)20-15-9-5-4-8-14(15)18-17-13(11-12-21-18)7-6-10-16(17)20;1-19(2)14-8-4-3-7-13(14)17-16-12(10-11-18-17)6-5-9-15(16)19;2*1-18-13-7-3-2-6-12(13)16-15-11(9-10-17-16)5-4-8-14(15)18;1-2-6-12-11(5-1)15-14-10(8-9-16-15)4-3-7-13(14)17-12;;;;;;/h1-9,11-14H;4-7,9-12H,1-3H3;3-6,8-11H,1-2H3;2*2-5,7-10H,1H3;1-4,6-9H;;;;;;/q6*-1;;;;;;. The van der Waals surface area contributed by atoms with E-state index in [9.17, 15) is 0 Å². The Morgan fingerprint density at radius 2 is 0.713 bits per heavy atom. The van der Waals surface area contributed by atoms with E-state index in [-0.39, 0.29) is 134 Å². The number of rotatable bonds is 1. The minimum absolute atomic E-state index is 0. The summed E-state index contributed by atoms with van der Waals surface area (Å²) < 4.78 is 5.88. The second-order valence-electron chi connectivity index (χ2n) is 31.3. The number of anilines is 5. The number of pyridine rings is 6. The van der Waals surface area contributed by atoms with Crippen LogP contribution in [0.2, 0.25) is 18.4 Å². The van der Waals surface area contributed by atoms with Crippen molar-refractivity contribution in [3.63, 3.8) is 0 Å². The van der Waals surface area contributed by atoms with E-state index in [1.807, 2.05) is 122 Å². The first kappa shape index (κ1) is 88.6. The van der Waals surface area contributed by atoms with Gasteiger partial charge in [-0.25, -0.2) is 0 Å². The number of fused-ring (bicyclic) bond motifs is 12. The Hall–Kier alpha value is -9.67. The van der Waals surface area contributed by atoms with E-state index in [1.165, 1.54) is 114 Å². The molecule has 6 aliphatic heterocycles. The van der Waals surface area contributed by atoms with Crippen molar-refractivity contribution in [1.82, 2.24) is 29.9 Å². The van der Waals surface area contributed by atoms with Crippen molar-refractivity contribution in [1.29, 1.82) is 0 Å². The molecule has 122 heavy (non-hydrogen) atoms. The summed E-state index contributed by atoms with van der Waals surface area (Å²) in [5, 5.41) is 20.8. The minimum atomic E-state index is -1.63. The van der Waals surface area contributed by atoms with Crippen molar-refractivity contribution in [2.45, 2.75) is 39.2 Å². The van der Waals surface area contributed by atoms with Gasteiger partial charge in [-0.15, -0.1) is 184 Å². The second-order valence-corrected chi connectivity index (χ2v) is 37.7. The fourth-order valence-corrected chi connectivity index (χ4v) is 23.0. The molecule has 25 rings (SSSR count). The molecule has 1 atom stereocenters. The molecule has 0 fully saturated rings. The Kier molecular flexibility index (Phi) is 26.9. The molecule has 0 amide bonds. The molecular weight excluding hydrogens is 2600 g/mol. The number of hydrogen-bond acceptors (Lipinski definition) is 9. The first-order valence-corrected chi connectivity index (χ1v) is 44.0. The smallest absolute Gasteiger partial charge is 0.161 e. The predicted molar refractivity (Wildman–Crippen MR) is 486 cm³/mol. The van der Waals surface area contributed by atoms with Crippen molar-refractivity contribution in [3.8, 4) is 79.0 Å². The second kappa shape index (κ2) is 37.0. The molecule has 608 valence electrons. The molecule has 6 aromatic heterocycles. The Morgan fingerprint density at radius 3 is 1.34 bits per heavy atom.